The van der Waals surface area contributed by atoms with Crippen molar-refractivity contribution in [2.75, 3.05) is 0 Å². The summed E-state index contributed by atoms with van der Waals surface area (Å²) in [4.78, 5) is 5.07. The number of benzene rings is 1. The monoisotopic (exact) mass is 263 g/mol. The van der Waals surface area contributed by atoms with Crippen LogP contribution in [0.25, 0.3) is 0 Å². The first kappa shape index (κ1) is 12.4. The van der Waals surface area contributed by atoms with Gasteiger partial charge in [-0.05, 0) is 43.3 Å². The molecule has 0 unspecified atom stereocenters. The Morgan fingerprint density at radius 3 is 2.83 bits per heavy atom. The van der Waals surface area contributed by atoms with E-state index in [1.54, 1.807) is 0 Å². The van der Waals surface area contributed by atoms with Crippen LogP contribution in [0.15, 0.2) is 33.4 Å². The molecule has 0 bridgehead atoms. The van der Waals surface area contributed by atoms with E-state index in [4.69, 9.17) is 10.9 Å². The quantitative estimate of drug-likeness (QED) is 0.338. The van der Waals surface area contributed by atoms with Crippen LogP contribution in [0.1, 0.15) is 17.0 Å². The van der Waals surface area contributed by atoms with E-state index in [1.165, 1.54) is 11.8 Å². The molecule has 2 aromatic rings. The minimum absolute atomic E-state index is 0.0738. The number of rotatable bonds is 3. The van der Waals surface area contributed by atoms with Crippen molar-refractivity contribution in [1.82, 2.24) is 15.2 Å². The third kappa shape index (κ3) is 2.62. The molecule has 0 saturated heterocycles. The average molecular weight is 263 g/mol. The van der Waals surface area contributed by atoms with Crippen molar-refractivity contribution in [3.05, 3.63) is 35.2 Å². The molecule has 0 aliphatic carbocycles. The third-order valence-corrected chi connectivity index (χ3v) is 3.22. The standard InChI is InChI=1S/C11H13N5OS/c1-6-3-4-8(10(12)16-17)9(5-6)18-11-13-7(2)14-15-11/h3-5,17H,1-2H3,(H2,12,16)(H,13,14,15). The van der Waals surface area contributed by atoms with E-state index in [0.29, 0.717) is 10.7 Å². The zero-order valence-electron chi connectivity index (χ0n) is 10.0. The van der Waals surface area contributed by atoms with Gasteiger partial charge in [-0.25, -0.2) is 4.98 Å². The van der Waals surface area contributed by atoms with Gasteiger partial charge in [-0.15, -0.1) is 5.10 Å². The van der Waals surface area contributed by atoms with Gasteiger partial charge >= 0.3 is 0 Å². The highest BCUT2D eigenvalue weighted by Crippen LogP contribution is 2.28. The van der Waals surface area contributed by atoms with E-state index in [0.717, 1.165) is 16.3 Å². The van der Waals surface area contributed by atoms with Crippen molar-refractivity contribution in [2.24, 2.45) is 10.9 Å². The van der Waals surface area contributed by atoms with Gasteiger partial charge in [0.2, 0.25) is 5.16 Å². The Balaban J connectivity index is 2.39. The van der Waals surface area contributed by atoms with Crippen LogP contribution in [-0.4, -0.2) is 26.2 Å². The van der Waals surface area contributed by atoms with Gasteiger partial charge in [-0.2, -0.15) is 0 Å². The van der Waals surface area contributed by atoms with Crippen LogP contribution in [-0.2, 0) is 0 Å². The van der Waals surface area contributed by atoms with E-state index >= 15 is 0 Å². The first-order valence-corrected chi connectivity index (χ1v) is 6.07. The second-order valence-electron chi connectivity index (χ2n) is 3.79. The zero-order valence-corrected chi connectivity index (χ0v) is 10.8. The molecule has 7 heteroatoms. The fraction of sp³-hybridized carbons (Fsp3) is 0.182. The minimum atomic E-state index is 0.0738. The summed E-state index contributed by atoms with van der Waals surface area (Å²) in [6.45, 7) is 3.81. The number of nitrogens with two attached hydrogens (primary N) is 1. The second kappa shape index (κ2) is 5.09. The first-order valence-electron chi connectivity index (χ1n) is 5.25. The van der Waals surface area contributed by atoms with Crippen LogP contribution in [0.2, 0.25) is 0 Å². The summed E-state index contributed by atoms with van der Waals surface area (Å²) in [6.07, 6.45) is 0. The molecule has 0 fully saturated rings. The molecule has 0 spiro atoms. The maximum absolute atomic E-state index is 8.77. The summed E-state index contributed by atoms with van der Waals surface area (Å²) in [7, 11) is 0. The van der Waals surface area contributed by atoms with Crippen LogP contribution < -0.4 is 5.73 Å². The van der Waals surface area contributed by atoms with Crippen molar-refractivity contribution in [3.8, 4) is 0 Å². The molecule has 0 saturated carbocycles. The predicted molar refractivity (Wildman–Crippen MR) is 68.9 cm³/mol. The fourth-order valence-electron chi connectivity index (χ4n) is 1.45. The Morgan fingerprint density at radius 2 is 2.22 bits per heavy atom. The number of nitrogens with zero attached hydrogens (tertiary/aromatic N) is 3. The van der Waals surface area contributed by atoms with E-state index in [9.17, 15) is 0 Å². The molecule has 18 heavy (non-hydrogen) atoms. The van der Waals surface area contributed by atoms with Gasteiger partial charge in [0.15, 0.2) is 5.84 Å². The smallest absolute Gasteiger partial charge is 0.213 e. The number of oxime groups is 1. The van der Waals surface area contributed by atoms with Crippen LogP contribution in [0.4, 0.5) is 0 Å². The third-order valence-electron chi connectivity index (χ3n) is 2.30. The van der Waals surface area contributed by atoms with Crippen LogP contribution >= 0.6 is 11.8 Å². The van der Waals surface area contributed by atoms with Crippen molar-refractivity contribution in [3.63, 3.8) is 0 Å². The Kier molecular flexibility index (Phi) is 3.52. The van der Waals surface area contributed by atoms with Gasteiger partial charge < -0.3 is 10.9 Å². The van der Waals surface area contributed by atoms with Crippen LogP contribution in [0, 0.1) is 13.8 Å². The van der Waals surface area contributed by atoms with Gasteiger partial charge in [0, 0.05) is 10.5 Å². The molecule has 0 aliphatic rings. The van der Waals surface area contributed by atoms with E-state index in [-0.39, 0.29) is 5.84 Å². The normalized spacial score (nSPS) is 11.8. The lowest BCUT2D eigenvalue weighted by Crippen LogP contribution is -2.14. The molecule has 94 valence electrons. The van der Waals surface area contributed by atoms with Crippen molar-refractivity contribution in [1.29, 1.82) is 0 Å². The predicted octanol–water partition coefficient (Wildman–Crippen LogP) is 1.67. The van der Waals surface area contributed by atoms with Crippen LogP contribution in [0.5, 0.6) is 0 Å². The number of nitrogens with one attached hydrogen (secondary N) is 1. The number of hydrogen-bond donors (Lipinski definition) is 3. The SMILES string of the molecule is Cc1ccc(C(N)=NO)c(Sc2n[nH]c(C)n2)c1. The van der Waals surface area contributed by atoms with Crippen molar-refractivity contribution >= 4 is 17.6 Å². The number of amidine groups is 1. The zero-order chi connectivity index (χ0) is 13.1. The highest BCUT2D eigenvalue weighted by Gasteiger charge is 2.11. The highest BCUT2D eigenvalue weighted by atomic mass is 32.2. The molecule has 1 aromatic heterocycles. The number of hydrogen-bond acceptors (Lipinski definition) is 5. The van der Waals surface area contributed by atoms with Gasteiger partial charge in [0.05, 0.1) is 0 Å². The summed E-state index contributed by atoms with van der Waals surface area (Å²) in [5.74, 6) is 0.820. The maximum Gasteiger partial charge on any atom is 0.213 e. The van der Waals surface area contributed by atoms with Gasteiger partial charge in [0.25, 0.3) is 0 Å². The second-order valence-corrected chi connectivity index (χ2v) is 4.80. The summed E-state index contributed by atoms with van der Waals surface area (Å²) in [5.41, 5.74) is 7.39. The molecule has 0 aliphatic heterocycles. The molecule has 0 atom stereocenters. The molecule has 0 radical (unpaired) electrons. The molecule has 1 heterocycles. The number of aromatic nitrogens is 3. The highest BCUT2D eigenvalue weighted by molar-refractivity contribution is 7.99. The molecular weight excluding hydrogens is 250 g/mol. The molecule has 6 nitrogen and oxygen atoms in total. The number of aryl methyl sites for hydroxylation is 2. The lowest BCUT2D eigenvalue weighted by molar-refractivity contribution is 0.318. The molecule has 4 N–H and O–H groups in total. The summed E-state index contributed by atoms with van der Waals surface area (Å²) < 4.78 is 0. The Hall–Kier alpha value is -2.02. The topological polar surface area (TPSA) is 100 Å². The fourth-order valence-corrected chi connectivity index (χ4v) is 2.44. The molecule has 1 aromatic carbocycles. The van der Waals surface area contributed by atoms with E-state index < -0.39 is 0 Å². The molecular formula is C11H13N5OS. The van der Waals surface area contributed by atoms with Gasteiger partial charge in [-0.1, -0.05) is 11.2 Å². The first-order chi connectivity index (χ1) is 8.60. The van der Waals surface area contributed by atoms with Crippen molar-refractivity contribution in [2.45, 2.75) is 23.9 Å². The Morgan fingerprint density at radius 1 is 1.44 bits per heavy atom. The number of aromatic amines is 1. The van der Waals surface area contributed by atoms with Crippen molar-refractivity contribution < 1.29 is 5.21 Å². The summed E-state index contributed by atoms with van der Waals surface area (Å²) in [6, 6.07) is 5.66. The Bertz CT molecular complexity index is 593. The van der Waals surface area contributed by atoms with E-state index in [2.05, 4.69) is 20.3 Å². The summed E-state index contributed by atoms with van der Waals surface area (Å²) in [5, 5.41) is 19.2. The van der Waals surface area contributed by atoms with Gasteiger partial charge in [-0.3, -0.25) is 5.10 Å². The molecule has 0 amide bonds. The minimum Gasteiger partial charge on any atom is -0.409 e. The number of H-pyrrole nitrogens is 1. The lowest BCUT2D eigenvalue weighted by Gasteiger charge is -2.06. The average Bonchev–Trinajstić information content (AvgIpc) is 2.74. The Labute approximate surface area is 108 Å². The molecule has 2 rings (SSSR count). The maximum atomic E-state index is 8.77. The van der Waals surface area contributed by atoms with Crippen LogP contribution in [0.3, 0.4) is 0 Å². The largest absolute Gasteiger partial charge is 0.409 e. The van der Waals surface area contributed by atoms with Gasteiger partial charge in [0.1, 0.15) is 5.82 Å². The lowest BCUT2D eigenvalue weighted by atomic mass is 10.1. The summed E-state index contributed by atoms with van der Waals surface area (Å²) >= 11 is 1.37. The van der Waals surface area contributed by atoms with E-state index in [1.807, 2.05) is 32.0 Å².